The highest BCUT2D eigenvalue weighted by atomic mass is 19.4. The fourth-order valence-electron chi connectivity index (χ4n) is 1.90. The number of halogens is 3. The third-order valence-corrected chi connectivity index (χ3v) is 3.36. The van der Waals surface area contributed by atoms with Crippen LogP contribution in [0.1, 0.15) is 23.6 Å². The highest BCUT2D eigenvalue weighted by molar-refractivity contribution is 5.98. The smallest absolute Gasteiger partial charge is 0.416 e. The van der Waals surface area contributed by atoms with Gasteiger partial charge in [0.15, 0.2) is 12.4 Å². The minimum atomic E-state index is -4.37. The van der Waals surface area contributed by atoms with E-state index in [0.717, 1.165) is 12.1 Å². The lowest BCUT2D eigenvalue weighted by Crippen LogP contribution is -2.08. The van der Waals surface area contributed by atoms with Crippen LogP contribution < -0.4 is 4.74 Å². The third-order valence-electron chi connectivity index (χ3n) is 3.36. The van der Waals surface area contributed by atoms with E-state index in [4.69, 9.17) is 20.5 Å². The van der Waals surface area contributed by atoms with Crippen molar-refractivity contribution >= 4 is 11.5 Å². The van der Waals surface area contributed by atoms with Gasteiger partial charge in [0.05, 0.1) is 11.3 Å². The van der Waals surface area contributed by atoms with Crippen LogP contribution in [-0.2, 0) is 17.6 Å². The molecule has 1 aromatic heterocycles. The number of hydrogen-bond donors (Lipinski definition) is 2. The zero-order valence-electron chi connectivity index (χ0n) is 14.2. The summed E-state index contributed by atoms with van der Waals surface area (Å²) in [5, 5.41) is 14.0. The molecule has 0 radical (unpaired) electrons. The summed E-state index contributed by atoms with van der Waals surface area (Å²) in [6.45, 7) is 1.57. The van der Waals surface area contributed by atoms with Crippen LogP contribution in [0.3, 0.4) is 0 Å². The second kappa shape index (κ2) is 8.88. The first-order valence-electron chi connectivity index (χ1n) is 7.66. The first-order valence-corrected chi connectivity index (χ1v) is 7.66. The summed E-state index contributed by atoms with van der Waals surface area (Å²) in [5.41, 5.74) is 7.68. The van der Waals surface area contributed by atoms with Crippen LogP contribution in [0.5, 0.6) is 5.88 Å². The third kappa shape index (κ3) is 6.17. The Morgan fingerprint density at radius 1 is 1.15 bits per heavy atom. The average Bonchev–Trinajstić information content (AvgIpc) is 2.66. The fraction of sp³-hybridized carbons (Fsp3) is 0.235. The first kappa shape index (κ1) is 20.0. The molecule has 0 aliphatic heterocycles. The van der Waals surface area contributed by atoms with Crippen molar-refractivity contribution in [3.63, 3.8) is 0 Å². The Morgan fingerprint density at radius 2 is 1.85 bits per heavy atom. The number of hydrogen-bond acceptors (Lipinski definition) is 6. The zero-order valence-corrected chi connectivity index (χ0v) is 14.2. The van der Waals surface area contributed by atoms with Crippen molar-refractivity contribution in [1.29, 1.82) is 10.9 Å². The normalized spacial score (nSPS) is 11.8. The van der Waals surface area contributed by atoms with Gasteiger partial charge in [0, 0.05) is 17.8 Å². The minimum Gasteiger partial charge on any atom is -0.469 e. The first-order chi connectivity index (χ1) is 12.8. The van der Waals surface area contributed by atoms with E-state index in [0.29, 0.717) is 16.8 Å². The maximum atomic E-state index is 12.5. The number of benzene rings is 1. The summed E-state index contributed by atoms with van der Waals surface area (Å²) >= 11 is 0. The van der Waals surface area contributed by atoms with Crippen molar-refractivity contribution in [3.05, 3.63) is 59.3 Å². The molecule has 0 spiro atoms. The van der Waals surface area contributed by atoms with E-state index >= 15 is 0 Å². The van der Waals surface area contributed by atoms with Crippen LogP contribution in [0.4, 0.5) is 13.2 Å². The maximum absolute atomic E-state index is 12.5. The van der Waals surface area contributed by atoms with E-state index in [9.17, 15) is 13.2 Å². The molecule has 0 unspecified atom stereocenters. The van der Waals surface area contributed by atoms with Gasteiger partial charge < -0.3 is 9.57 Å². The van der Waals surface area contributed by atoms with Gasteiger partial charge in [0.25, 0.3) is 0 Å². The van der Waals surface area contributed by atoms with Crippen molar-refractivity contribution < 1.29 is 22.7 Å². The highest BCUT2D eigenvalue weighted by Crippen LogP contribution is 2.29. The summed E-state index contributed by atoms with van der Waals surface area (Å²) in [5.74, 6) is 0.0425. The van der Waals surface area contributed by atoms with E-state index in [-0.39, 0.29) is 24.9 Å². The Kier molecular flexibility index (Phi) is 6.58. The number of nitrogens with zero attached hydrogens (tertiary/aromatic N) is 3. The van der Waals surface area contributed by atoms with E-state index < -0.39 is 11.7 Å². The maximum Gasteiger partial charge on any atom is 0.416 e. The van der Waals surface area contributed by atoms with Gasteiger partial charge >= 0.3 is 6.18 Å². The lowest BCUT2D eigenvalue weighted by Gasteiger charge is -2.07. The van der Waals surface area contributed by atoms with Crippen LogP contribution in [0, 0.1) is 10.9 Å². The lowest BCUT2D eigenvalue weighted by atomic mass is 10.1. The molecule has 1 aromatic carbocycles. The molecule has 0 aliphatic rings. The number of pyridine rings is 1. The molecule has 1 heterocycles. The van der Waals surface area contributed by atoms with Gasteiger partial charge in [-0.25, -0.2) is 10.5 Å². The largest absolute Gasteiger partial charge is 0.469 e. The Hall–Kier alpha value is -3.30. The van der Waals surface area contributed by atoms with Gasteiger partial charge in [-0.15, -0.1) is 5.11 Å². The van der Waals surface area contributed by atoms with Crippen molar-refractivity contribution in [2.45, 2.75) is 19.7 Å². The molecule has 2 rings (SSSR count). The second-order valence-electron chi connectivity index (χ2n) is 5.38. The van der Waals surface area contributed by atoms with E-state index in [1.165, 1.54) is 18.3 Å². The van der Waals surface area contributed by atoms with Crippen LogP contribution in [0.2, 0.25) is 0 Å². The fourth-order valence-corrected chi connectivity index (χ4v) is 1.90. The average molecular weight is 379 g/mol. The summed E-state index contributed by atoms with van der Waals surface area (Å²) in [6.07, 6.45) is -2.87. The number of oxime groups is 1. The minimum absolute atomic E-state index is 0.0306. The molecular formula is C17H16F3N5O2. The number of nitrogens with one attached hydrogen (secondary N) is 2. The second-order valence-corrected chi connectivity index (χ2v) is 5.38. The monoisotopic (exact) mass is 379 g/mol. The SMILES string of the molecule is C/C(=N\OCc1ccc(C(F)(F)F)cc1)c1ccc(OCC(=N)N=N)nc1. The number of aromatic nitrogens is 1. The van der Waals surface area contributed by atoms with Crippen molar-refractivity contribution in [2.24, 2.45) is 10.3 Å². The predicted octanol–water partition coefficient (Wildman–Crippen LogP) is 4.43. The molecule has 142 valence electrons. The van der Waals surface area contributed by atoms with Crippen molar-refractivity contribution in [2.75, 3.05) is 6.61 Å². The molecule has 0 bridgehead atoms. The number of amidine groups is 1. The van der Waals surface area contributed by atoms with Crippen LogP contribution in [0.15, 0.2) is 52.9 Å². The number of ether oxygens (including phenoxy) is 1. The molecular weight excluding hydrogens is 363 g/mol. The van der Waals surface area contributed by atoms with E-state index in [2.05, 4.69) is 15.3 Å². The Bertz CT molecular complexity index is 818. The van der Waals surface area contributed by atoms with Gasteiger partial charge in [0.1, 0.15) is 6.61 Å². The Morgan fingerprint density at radius 3 is 2.41 bits per heavy atom. The standard InChI is InChI=1S/C17H16F3N5O2/c1-11(13-4-7-16(23-8-13)26-10-15(21)24-22)25-27-9-12-2-5-14(6-3-12)17(18,19)20/h2-8,21-22H,9-10H2,1H3/b21-15?,24-22?,25-11+. The quantitative estimate of drug-likeness (QED) is 0.322. The molecule has 0 fully saturated rings. The summed E-state index contributed by atoms with van der Waals surface area (Å²) in [4.78, 5) is 9.21. The van der Waals surface area contributed by atoms with E-state index in [1.807, 2.05) is 0 Å². The zero-order chi connectivity index (χ0) is 19.9. The lowest BCUT2D eigenvalue weighted by molar-refractivity contribution is -0.137. The summed E-state index contributed by atoms with van der Waals surface area (Å²) in [6, 6.07) is 7.91. The van der Waals surface area contributed by atoms with Gasteiger partial charge in [-0.1, -0.05) is 17.3 Å². The van der Waals surface area contributed by atoms with Gasteiger partial charge in [0.2, 0.25) is 5.88 Å². The van der Waals surface area contributed by atoms with Crippen molar-refractivity contribution in [3.8, 4) is 5.88 Å². The van der Waals surface area contributed by atoms with Crippen LogP contribution >= 0.6 is 0 Å². The topological polar surface area (TPSA) is 104 Å². The number of alkyl halides is 3. The van der Waals surface area contributed by atoms with Crippen LogP contribution in [0.25, 0.3) is 0 Å². The van der Waals surface area contributed by atoms with Gasteiger partial charge in [-0.2, -0.15) is 13.2 Å². The Labute approximate surface area is 152 Å². The molecule has 2 N–H and O–H groups in total. The molecule has 27 heavy (non-hydrogen) atoms. The molecule has 0 amide bonds. The molecule has 10 heteroatoms. The molecule has 0 aliphatic carbocycles. The highest BCUT2D eigenvalue weighted by Gasteiger charge is 2.29. The predicted molar refractivity (Wildman–Crippen MR) is 91.1 cm³/mol. The van der Waals surface area contributed by atoms with Crippen LogP contribution in [-0.4, -0.2) is 23.1 Å². The number of rotatable bonds is 7. The van der Waals surface area contributed by atoms with Gasteiger partial charge in [-0.3, -0.25) is 5.41 Å². The van der Waals surface area contributed by atoms with Crippen molar-refractivity contribution in [1.82, 2.24) is 4.98 Å². The van der Waals surface area contributed by atoms with Gasteiger partial charge in [-0.05, 0) is 30.7 Å². The molecule has 0 saturated carbocycles. The Balaban J connectivity index is 1.89. The molecule has 0 atom stereocenters. The molecule has 0 saturated heterocycles. The molecule has 7 nitrogen and oxygen atoms in total. The summed E-state index contributed by atoms with van der Waals surface area (Å²) in [7, 11) is 0. The molecule has 2 aromatic rings. The summed E-state index contributed by atoms with van der Waals surface area (Å²) < 4.78 is 42.7. The van der Waals surface area contributed by atoms with E-state index in [1.54, 1.807) is 19.1 Å².